The Balaban J connectivity index is 2.71. The molecule has 0 atom stereocenters. The zero-order chi connectivity index (χ0) is 8.10. The summed E-state index contributed by atoms with van der Waals surface area (Å²) in [7, 11) is 0. The first-order valence-corrected chi connectivity index (χ1v) is 4.36. The fraction of sp³-hybridized carbons (Fsp3) is 0.111. The average Bonchev–Trinajstić information content (AvgIpc) is 2.04. The Hall–Kier alpha value is -0.580. The molecular formula is C9H7ClS. The third-order valence-electron chi connectivity index (χ3n) is 1.08. The summed E-state index contributed by atoms with van der Waals surface area (Å²) in [5.41, 5.74) is 0. The number of halogens is 1. The van der Waals surface area contributed by atoms with Gasteiger partial charge >= 0.3 is 0 Å². The molecule has 0 unspecified atom stereocenters. The van der Waals surface area contributed by atoms with E-state index >= 15 is 0 Å². The van der Waals surface area contributed by atoms with Crippen molar-refractivity contribution in [2.45, 2.75) is 11.8 Å². The summed E-state index contributed by atoms with van der Waals surface area (Å²) >= 11 is 7.21. The molecule has 1 aromatic carbocycles. The molecule has 0 bridgehead atoms. The molecule has 0 aliphatic rings. The summed E-state index contributed by atoms with van der Waals surface area (Å²) in [5, 5.41) is 3.67. The molecule has 1 rings (SSSR count). The SMILES string of the molecule is CC#CSc1ccc(Cl)cc1. The molecule has 0 aromatic heterocycles. The summed E-state index contributed by atoms with van der Waals surface area (Å²) in [5.74, 6) is 2.81. The highest BCUT2D eigenvalue weighted by atomic mass is 35.5. The Morgan fingerprint density at radius 1 is 1.27 bits per heavy atom. The molecule has 0 saturated heterocycles. The van der Waals surface area contributed by atoms with Gasteiger partial charge < -0.3 is 0 Å². The number of thioether (sulfide) groups is 1. The Labute approximate surface area is 76.0 Å². The van der Waals surface area contributed by atoms with Crippen LogP contribution in [-0.2, 0) is 0 Å². The molecule has 2 heteroatoms. The smallest absolute Gasteiger partial charge is 0.0406 e. The third-order valence-corrected chi connectivity index (χ3v) is 2.15. The van der Waals surface area contributed by atoms with E-state index in [0.717, 1.165) is 9.92 Å². The van der Waals surface area contributed by atoms with Gasteiger partial charge in [-0.15, -0.1) is 0 Å². The molecule has 1 aromatic rings. The fourth-order valence-electron chi connectivity index (χ4n) is 0.613. The molecule has 0 aliphatic carbocycles. The van der Waals surface area contributed by atoms with E-state index in [2.05, 4.69) is 11.2 Å². The second-order valence-corrected chi connectivity index (χ2v) is 3.22. The van der Waals surface area contributed by atoms with Gasteiger partial charge in [-0.25, -0.2) is 0 Å². The quantitative estimate of drug-likeness (QED) is 0.474. The molecule has 0 saturated carbocycles. The minimum Gasteiger partial charge on any atom is -0.0943 e. The lowest BCUT2D eigenvalue weighted by molar-refractivity contribution is 1.47. The molecule has 11 heavy (non-hydrogen) atoms. The number of hydrogen-bond donors (Lipinski definition) is 0. The highest BCUT2D eigenvalue weighted by Crippen LogP contribution is 2.18. The summed E-state index contributed by atoms with van der Waals surface area (Å²) < 4.78 is 0. The maximum atomic E-state index is 5.70. The molecule has 0 radical (unpaired) electrons. The maximum Gasteiger partial charge on any atom is 0.0406 e. The van der Waals surface area contributed by atoms with Crippen LogP contribution in [0.5, 0.6) is 0 Å². The van der Waals surface area contributed by atoms with E-state index in [1.807, 2.05) is 31.2 Å². The van der Waals surface area contributed by atoms with Crippen molar-refractivity contribution in [3.63, 3.8) is 0 Å². The van der Waals surface area contributed by atoms with Gasteiger partial charge in [-0.2, -0.15) is 0 Å². The van der Waals surface area contributed by atoms with Crippen LogP contribution < -0.4 is 0 Å². The summed E-state index contributed by atoms with van der Waals surface area (Å²) in [4.78, 5) is 1.13. The maximum absolute atomic E-state index is 5.70. The van der Waals surface area contributed by atoms with Crippen LogP contribution >= 0.6 is 23.4 Å². The van der Waals surface area contributed by atoms with Crippen molar-refractivity contribution in [1.82, 2.24) is 0 Å². The Bertz CT molecular complexity index is 279. The van der Waals surface area contributed by atoms with Crippen molar-refractivity contribution in [1.29, 1.82) is 0 Å². The van der Waals surface area contributed by atoms with E-state index in [1.165, 1.54) is 11.8 Å². The fourth-order valence-corrected chi connectivity index (χ4v) is 1.23. The van der Waals surface area contributed by atoms with Gasteiger partial charge in [0.1, 0.15) is 0 Å². The van der Waals surface area contributed by atoms with E-state index in [1.54, 1.807) is 0 Å². The molecule has 56 valence electrons. The van der Waals surface area contributed by atoms with Crippen molar-refractivity contribution < 1.29 is 0 Å². The zero-order valence-corrected chi connectivity index (χ0v) is 7.67. The number of hydrogen-bond acceptors (Lipinski definition) is 1. The Kier molecular flexibility index (Phi) is 3.35. The monoisotopic (exact) mass is 182 g/mol. The first-order chi connectivity index (χ1) is 5.33. The van der Waals surface area contributed by atoms with Gasteiger partial charge in [0.15, 0.2) is 0 Å². The summed E-state index contributed by atoms with van der Waals surface area (Å²) in [6.45, 7) is 1.82. The van der Waals surface area contributed by atoms with Crippen LogP contribution in [0.3, 0.4) is 0 Å². The van der Waals surface area contributed by atoms with Crippen molar-refractivity contribution in [2.24, 2.45) is 0 Å². The first-order valence-electron chi connectivity index (χ1n) is 3.17. The van der Waals surface area contributed by atoms with E-state index < -0.39 is 0 Å². The van der Waals surface area contributed by atoms with Crippen LogP contribution in [-0.4, -0.2) is 0 Å². The predicted octanol–water partition coefficient (Wildman–Crippen LogP) is 3.41. The van der Waals surface area contributed by atoms with E-state index in [9.17, 15) is 0 Å². The molecule has 0 aliphatic heterocycles. The van der Waals surface area contributed by atoms with E-state index in [-0.39, 0.29) is 0 Å². The van der Waals surface area contributed by atoms with Crippen LogP contribution in [0.25, 0.3) is 0 Å². The average molecular weight is 183 g/mol. The zero-order valence-electron chi connectivity index (χ0n) is 6.10. The van der Waals surface area contributed by atoms with Gasteiger partial charge in [-0.05, 0) is 48.2 Å². The van der Waals surface area contributed by atoms with Gasteiger partial charge in [0.05, 0.1) is 0 Å². The minimum atomic E-state index is 0.763. The van der Waals surface area contributed by atoms with Crippen LogP contribution in [0.1, 0.15) is 6.92 Å². The van der Waals surface area contributed by atoms with Crippen molar-refractivity contribution >= 4 is 23.4 Å². The number of benzene rings is 1. The second kappa shape index (κ2) is 4.33. The van der Waals surface area contributed by atoms with Crippen LogP contribution in [0.4, 0.5) is 0 Å². The van der Waals surface area contributed by atoms with Crippen molar-refractivity contribution in [3.8, 4) is 11.2 Å². The molecular weight excluding hydrogens is 176 g/mol. The van der Waals surface area contributed by atoms with Gasteiger partial charge in [0.25, 0.3) is 0 Å². The summed E-state index contributed by atoms with van der Waals surface area (Å²) in [6, 6.07) is 7.64. The number of rotatable bonds is 1. The Morgan fingerprint density at radius 3 is 2.45 bits per heavy atom. The lowest BCUT2D eigenvalue weighted by Crippen LogP contribution is -1.66. The molecule has 0 fully saturated rings. The standard InChI is InChI=1S/C9H7ClS/c1-2-7-11-9-5-3-8(10)4-6-9/h3-6H,1H3. The van der Waals surface area contributed by atoms with Gasteiger partial charge in [0, 0.05) is 9.92 Å². The van der Waals surface area contributed by atoms with E-state index in [0.29, 0.717) is 0 Å². The summed E-state index contributed by atoms with van der Waals surface area (Å²) in [6.07, 6.45) is 0. The molecule has 0 amide bonds. The highest BCUT2D eigenvalue weighted by molar-refractivity contribution is 8.03. The molecule has 0 nitrogen and oxygen atoms in total. The lowest BCUT2D eigenvalue weighted by Gasteiger charge is -1.92. The van der Waals surface area contributed by atoms with Crippen LogP contribution in [0, 0.1) is 11.2 Å². The second-order valence-electron chi connectivity index (χ2n) is 1.91. The molecule has 0 heterocycles. The van der Waals surface area contributed by atoms with E-state index in [4.69, 9.17) is 11.6 Å². The minimum absolute atomic E-state index is 0.763. The normalized spacial score (nSPS) is 8.55. The highest BCUT2D eigenvalue weighted by Gasteiger charge is 1.89. The van der Waals surface area contributed by atoms with Gasteiger partial charge in [0.2, 0.25) is 0 Å². The van der Waals surface area contributed by atoms with Crippen LogP contribution in [0.2, 0.25) is 5.02 Å². The van der Waals surface area contributed by atoms with Gasteiger partial charge in [-0.1, -0.05) is 17.5 Å². The molecule has 0 spiro atoms. The third kappa shape index (κ3) is 2.88. The van der Waals surface area contributed by atoms with Crippen LogP contribution in [0.15, 0.2) is 29.2 Å². The van der Waals surface area contributed by atoms with Gasteiger partial charge in [-0.3, -0.25) is 0 Å². The lowest BCUT2D eigenvalue weighted by atomic mass is 10.4. The predicted molar refractivity (Wildman–Crippen MR) is 50.8 cm³/mol. The van der Waals surface area contributed by atoms with Crippen molar-refractivity contribution in [3.05, 3.63) is 29.3 Å². The largest absolute Gasteiger partial charge is 0.0943 e. The first kappa shape index (κ1) is 8.52. The van der Waals surface area contributed by atoms with Crippen molar-refractivity contribution in [2.75, 3.05) is 0 Å². The topological polar surface area (TPSA) is 0 Å². The molecule has 0 N–H and O–H groups in total. The Morgan fingerprint density at radius 2 is 1.91 bits per heavy atom.